The number of aromatic carboxylic acids is 1. The van der Waals surface area contributed by atoms with Crippen LogP contribution < -0.4 is 0 Å². The summed E-state index contributed by atoms with van der Waals surface area (Å²) in [6.07, 6.45) is 1.35. The fourth-order valence-corrected chi connectivity index (χ4v) is 1.88. The molecule has 0 aliphatic rings. The molecule has 1 heterocycles. The van der Waals surface area contributed by atoms with Crippen molar-refractivity contribution in [2.24, 2.45) is 0 Å². The molecule has 5 heteroatoms. The summed E-state index contributed by atoms with van der Waals surface area (Å²) in [7, 11) is 1.93. The van der Waals surface area contributed by atoms with E-state index in [-0.39, 0.29) is 11.4 Å². The van der Waals surface area contributed by atoms with Crippen molar-refractivity contribution in [3.05, 3.63) is 65.2 Å². The predicted octanol–water partition coefficient (Wildman–Crippen LogP) is 2.55. The van der Waals surface area contributed by atoms with Crippen LogP contribution in [0.3, 0.4) is 0 Å². The fourth-order valence-electron chi connectivity index (χ4n) is 1.88. The third-order valence-corrected chi connectivity index (χ3v) is 2.87. The monoisotopic (exact) mass is 274 g/mol. The maximum Gasteiger partial charge on any atom is 0.337 e. The molecule has 0 atom stereocenters. The SMILES string of the molecule is CN(Cc1ccc(F)cc1)Cc1ccc(C(=O)O)cn1. The van der Waals surface area contributed by atoms with Crippen molar-refractivity contribution < 1.29 is 14.3 Å². The number of hydrogen-bond donors (Lipinski definition) is 1. The van der Waals surface area contributed by atoms with Crippen LogP contribution in [0.1, 0.15) is 21.6 Å². The quantitative estimate of drug-likeness (QED) is 0.910. The van der Waals surface area contributed by atoms with Crippen molar-refractivity contribution in [2.75, 3.05) is 7.05 Å². The van der Waals surface area contributed by atoms with Gasteiger partial charge in [0.1, 0.15) is 5.82 Å². The highest BCUT2D eigenvalue weighted by molar-refractivity contribution is 5.87. The van der Waals surface area contributed by atoms with Crippen LogP contribution in [0.25, 0.3) is 0 Å². The molecule has 20 heavy (non-hydrogen) atoms. The lowest BCUT2D eigenvalue weighted by Gasteiger charge is -2.16. The van der Waals surface area contributed by atoms with Crippen molar-refractivity contribution in [1.29, 1.82) is 0 Å². The summed E-state index contributed by atoms with van der Waals surface area (Å²) in [4.78, 5) is 16.9. The Morgan fingerprint density at radius 3 is 2.45 bits per heavy atom. The summed E-state index contributed by atoms with van der Waals surface area (Å²) in [6, 6.07) is 9.59. The molecule has 2 aromatic rings. The third kappa shape index (κ3) is 3.86. The number of aromatic nitrogens is 1. The summed E-state index contributed by atoms with van der Waals surface area (Å²) in [5.41, 5.74) is 1.98. The summed E-state index contributed by atoms with van der Waals surface area (Å²) >= 11 is 0. The lowest BCUT2D eigenvalue weighted by Crippen LogP contribution is -2.18. The number of carboxylic acids is 1. The van der Waals surface area contributed by atoms with Gasteiger partial charge in [0.25, 0.3) is 0 Å². The van der Waals surface area contributed by atoms with Crippen LogP contribution in [0, 0.1) is 5.82 Å². The number of hydrogen-bond acceptors (Lipinski definition) is 3. The molecule has 1 aromatic heterocycles. The molecule has 1 N–H and O–H groups in total. The molecule has 0 fully saturated rings. The maximum atomic E-state index is 12.8. The average Bonchev–Trinajstić information content (AvgIpc) is 2.42. The molecule has 0 aliphatic heterocycles. The Morgan fingerprint density at radius 1 is 1.20 bits per heavy atom. The Kier molecular flexibility index (Phi) is 4.42. The first-order chi connectivity index (χ1) is 9.54. The smallest absolute Gasteiger partial charge is 0.337 e. The lowest BCUT2D eigenvalue weighted by atomic mass is 10.2. The first-order valence-corrected chi connectivity index (χ1v) is 6.16. The average molecular weight is 274 g/mol. The van der Waals surface area contributed by atoms with Crippen LogP contribution in [0.5, 0.6) is 0 Å². The van der Waals surface area contributed by atoms with Gasteiger partial charge >= 0.3 is 5.97 Å². The van der Waals surface area contributed by atoms with E-state index in [4.69, 9.17) is 5.11 Å². The summed E-state index contributed by atoms with van der Waals surface area (Å²) in [6.45, 7) is 1.26. The molecular formula is C15H15FN2O2. The summed E-state index contributed by atoms with van der Waals surface area (Å²) in [5, 5.41) is 8.79. The molecule has 0 spiro atoms. The Balaban J connectivity index is 1.95. The standard InChI is InChI=1S/C15H15FN2O2/c1-18(9-11-2-5-13(16)6-3-11)10-14-7-4-12(8-17-14)15(19)20/h2-8H,9-10H2,1H3,(H,19,20). The molecule has 2 rings (SSSR count). The number of carbonyl (C=O) groups is 1. The van der Waals surface area contributed by atoms with Crippen LogP contribution >= 0.6 is 0 Å². The Bertz CT molecular complexity index is 582. The van der Waals surface area contributed by atoms with Gasteiger partial charge in [-0.3, -0.25) is 9.88 Å². The van der Waals surface area contributed by atoms with E-state index in [2.05, 4.69) is 4.98 Å². The maximum absolute atomic E-state index is 12.8. The van der Waals surface area contributed by atoms with Crippen LogP contribution in [0.2, 0.25) is 0 Å². The van der Waals surface area contributed by atoms with Gasteiger partial charge in [-0.25, -0.2) is 9.18 Å². The third-order valence-electron chi connectivity index (χ3n) is 2.87. The van der Waals surface area contributed by atoms with Crippen LogP contribution in [0.15, 0.2) is 42.6 Å². The van der Waals surface area contributed by atoms with E-state index in [0.29, 0.717) is 13.1 Å². The minimum atomic E-state index is -0.983. The van der Waals surface area contributed by atoms with Gasteiger partial charge in [-0.15, -0.1) is 0 Å². The van der Waals surface area contributed by atoms with Crippen LogP contribution in [-0.2, 0) is 13.1 Å². The molecule has 0 unspecified atom stereocenters. The number of halogens is 1. The molecule has 0 saturated carbocycles. The number of rotatable bonds is 5. The number of carboxylic acid groups (broad SMARTS) is 1. The van der Waals surface area contributed by atoms with Gasteiger partial charge in [0.05, 0.1) is 11.3 Å². The van der Waals surface area contributed by atoms with E-state index in [0.717, 1.165) is 11.3 Å². The second-order valence-electron chi connectivity index (χ2n) is 4.64. The van der Waals surface area contributed by atoms with E-state index >= 15 is 0 Å². The highest BCUT2D eigenvalue weighted by Crippen LogP contribution is 2.08. The zero-order valence-corrected chi connectivity index (χ0v) is 11.1. The topological polar surface area (TPSA) is 53.4 Å². The van der Waals surface area contributed by atoms with E-state index in [1.54, 1.807) is 18.2 Å². The molecule has 1 aromatic carbocycles. The summed E-state index contributed by atoms with van der Waals surface area (Å²) < 4.78 is 12.8. The van der Waals surface area contributed by atoms with Gasteiger partial charge in [-0.05, 0) is 36.9 Å². The first-order valence-electron chi connectivity index (χ1n) is 6.16. The van der Waals surface area contributed by atoms with Crippen molar-refractivity contribution in [3.63, 3.8) is 0 Å². The lowest BCUT2D eigenvalue weighted by molar-refractivity contribution is 0.0696. The second kappa shape index (κ2) is 6.25. The van der Waals surface area contributed by atoms with Crippen molar-refractivity contribution in [1.82, 2.24) is 9.88 Å². The van der Waals surface area contributed by atoms with Gasteiger partial charge in [0, 0.05) is 19.3 Å². The summed E-state index contributed by atoms with van der Waals surface area (Å²) in [5.74, 6) is -1.23. The molecule has 0 radical (unpaired) electrons. The van der Waals surface area contributed by atoms with Gasteiger partial charge in [-0.1, -0.05) is 12.1 Å². The van der Waals surface area contributed by atoms with E-state index < -0.39 is 5.97 Å². The number of pyridine rings is 1. The molecular weight excluding hydrogens is 259 g/mol. The molecule has 0 saturated heterocycles. The highest BCUT2D eigenvalue weighted by atomic mass is 19.1. The highest BCUT2D eigenvalue weighted by Gasteiger charge is 2.06. The Morgan fingerprint density at radius 2 is 1.90 bits per heavy atom. The Hall–Kier alpha value is -2.27. The van der Waals surface area contributed by atoms with E-state index in [1.807, 2.05) is 11.9 Å². The predicted molar refractivity (Wildman–Crippen MR) is 72.8 cm³/mol. The second-order valence-corrected chi connectivity index (χ2v) is 4.64. The van der Waals surface area contributed by atoms with Gasteiger partial charge < -0.3 is 5.11 Å². The van der Waals surface area contributed by atoms with Crippen LogP contribution in [-0.4, -0.2) is 28.0 Å². The number of nitrogens with zero attached hydrogens (tertiary/aromatic N) is 2. The minimum Gasteiger partial charge on any atom is -0.478 e. The normalized spacial score (nSPS) is 10.8. The molecule has 0 bridgehead atoms. The van der Waals surface area contributed by atoms with Gasteiger partial charge in [0.2, 0.25) is 0 Å². The zero-order chi connectivity index (χ0) is 14.5. The van der Waals surface area contributed by atoms with E-state index in [9.17, 15) is 9.18 Å². The van der Waals surface area contributed by atoms with E-state index in [1.165, 1.54) is 24.4 Å². The number of benzene rings is 1. The van der Waals surface area contributed by atoms with Gasteiger partial charge in [-0.2, -0.15) is 0 Å². The zero-order valence-electron chi connectivity index (χ0n) is 11.1. The van der Waals surface area contributed by atoms with Crippen molar-refractivity contribution >= 4 is 5.97 Å². The largest absolute Gasteiger partial charge is 0.478 e. The molecule has 0 aliphatic carbocycles. The first kappa shape index (κ1) is 14.1. The van der Waals surface area contributed by atoms with Crippen LogP contribution in [0.4, 0.5) is 4.39 Å². The molecule has 4 nitrogen and oxygen atoms in total. The fraction of sp³-hybridized carbons (Fsp3) is 0.200. The molecule has 0 amide bonds. The van der Waals surface area contributed by atoms with Crippen molar-refractivity contribution in [3.8, 4) is 0 Å². The van der Waals surface area contributed by atoms with Crippen molar-refractivity contribution in [2.45, 2.75) is 13.1 Å². The Labute approximate surface area is 116 Å². The molecule has 104 valence electrons. The van der Waals surface area contributed by atoms with Gasteiger partial charge in [0.15, 0.2) is 0 Å². The minimum absolute atomic E-state index is 0.176.